The molecule has 0 aliphatic heterocycles. The molecule has 0 amide bonds. The molecule has 0 saturated heterocycles. The molecule has 0 fully saturated rings. The van der Waals surface area contributed by atoms with Crippen LogP contribution in [0.1, 0.15) is 17.2 Å². The molecule has 1 unspecified atom stereocenters. The third-order valence-electron chi connectivity index (χ3n) is 3.33. The quantitative estimate of drug-likeness (QED) is 0.411. The molecule has 1 radical (unpaired) electrons. The molecule has 0 N–H and O–H groups in total. The minimum absolute atomic E-state index is 0.0647. The van der Waals surface area contributed by atoms with Crippen molar-refractivity contribution in [2.75, 3.05) is 7.11 Å². The number of nitro benzene ring substituents is 1. The van der Waals surface area contributed by atoms with E-state index in [9.17, 15) is 19.7 Å². The van der Waals surface area contributed by atoms with E-state index in [1.54, 1.807) is 24.3 Å². The number of non-ortho nitro benzene ring substituents is 1. The number of esters is 1. The number of carbonyl (C=O) groups excluding carboxylic acids is 2. The van der Waals surface area contributed by atoms with Crippen molar-refractivity contribution in [3.05, 3.63) is 69.8 Å². The van der Waals surface area contributed by atoms with E-state index in [2.05, 4.69) is 0 Å². The standard InChI is InChI=1S/C17H14NO7/c1-23-15-8-4-13(5-9-15)16(25-11-19)17(20)24-10-12-2-6-14(7-3-12)18(21)22/h2-9,16H,10H2,1H3. The van der Waals surface area contributed by atoms with Gasteiger partial charge in [-0.2, -0.15) is 0 Å². The molecule has 0 saturated carbocycles. The monoisotopic (exact) mass is 344 g/mol. The summed E-state index contributed by atoms with van der Waals surface area (Å²) >= 11 is 0. The van der Waals surface area contributed by atoms with E-state index in [0.717, 1.165) is 0 Å². The van der Waals surface area contributed by atoms with Gasteiger partial charge in [0.15, 0.2) is 0 Å². The smallest absolute Gasteiger partial charge is 0.418 e. The van der Waals surface area contributed by atoms with Gasteiger partial charge < -0.3 is 14.2 Å². The summed E-state index contributed by atoms with van der Waals surface area (Å²) in [5.74, 6) is -0.205. The Kier molecular flexibility index (Phi) is 6.05. The average molecular weight is 344 g/mol. The van der Waals surface area contributed by atoms with Crippen LogP contribution in [0.15, 0.2) is 48.5 Å². The largest absolute Gasteiger partial charge is 0.497 e. The van der Waals surface area contributed by atoms with Crippen LogP contribution in [0.5, 0.6) is 5.75 Å². The molecule has 0 aromatic heterocycles. The van der Waals surface area contributed by atoms with Gasteiger partial charge in [-0.15, -0.1) is 0 Å². The summed E-state index contributed by atoms with van der Waals surface area (Å²) in [4.78, 5) is 32.8. The molecule has 8 nitrogen and oxygen atoms in total. The fraction of sp³-hybridized carbons (Fsp3) is 0.176. The molecule has 1 atom stereocenters. The van der Waals surface area contributed by atoms with Gasteiger partial charge in [0.1, 0.15) is 12.4 Å². The molecule has 0 aliphatic rings. The van der Waals surface area contributed by atoms with Gasteiger partial charge in [0.25, 0.3) is 5.69 Å². The van der Waals surface area contributed by atoms with Crippen LogP contribution in [0.4, 0.5) is 5.69 Å². The maximum atomic E-state index is 12.2. The fourth-order valence-electron chi connectivity index (χ4n) is 2.02. The Morgan fingerprint density at radius 2 is 1.80 bits per heavy atom. The highest BCUT2D eigenvalue weighted by Gasteiger charge is 2.24. The van der Waals surface area contributed by atoms with Crippen molar-refractivity contribution in [3.63, 3.8) is 0 Å². The van der Waals surface area contributed by atoms with Crippen molar-refractivity contribution in [3.8, 4) is 5.75 Å². The Hall–Kier alpha value is -3.42. The van der Waals surface area contributed by atoms with Crippen LogP contribution >= 0.6 is 0 Å². The highest BCUT2D eigenvalue weighted by Crippen LogP contribution is 2.22. The maximum absolute atomic E-state index is 12.2. The van der Waals surface area contributed by atoms with E-state index in [0.29, 0.717) is 16.9 Å². The molecule has 0 spiro atoms. The van der Waals surface area contributed by atoms with Gasteiger partial charge in [-0.25, -0.2) is 9.59 Å². The molecule has 2 rings (SSSR count). The van der Waals surface area contributed by atoms with Gasteiger partial charge in [0.05, 0.1) is 12.0 Å². The summed E-state index contributed by atoms with van der Waals surface area (Å²) in [6.45, 7) is 1.12. The van der Waals surface area contributed by atoms with Gasteiger partial charge in [-0.3, -0.25) is 10.1 Å². The molecular formula is C17H14NO7. The Morgan fingerprint density at radius 1 is 1.16 bits per heavy atom. The van der Waals surface area contributed by atoms with Crippen molar-refractivity contribution in [1.29, 1.82) is 0 Å². The summed E-state index contributed by atoms with van der Waals surface area (Å²) in [5, 5.41) is 10.6. The second kappa shape index (κ2) is 8.44. The van der Waals surface area contributed by atoms with Crippen LogP contribution in [-0.4, -0.2) is 24.5 Å². The second-order valence-corrected chi connectivity index (χ2v) is 4.89. The zero-order valence-corrected chi connectivity index (χ0v) is 13.2. The number of nitrogens with zero attached hydrogens (tertiary/aromatic N) is 1. The minimum atomic E-state index is -1.26. The Morgan fingerprint density at radius 3 is 2.32 bits per heavy atom. The number of hydrogen-bond acceptors (Lipinski definition) is 7. The normalized spacial score (nSPS) is 11.2. The van der Waals surface area contributed by atoms with Gasteiger partial charge in [-0.1, -0.05) is 12.1 Å². The molecule has 25 heavy (non-hydrogen) atoms. The van der Waals surface area contributed by atoms with Crippen LogP contribution in [0.2, 0.25) is 0 Å². The predicted molar refractivity (Wildman–Crippen MR) is 85.4 cm³/mol. The van der Waals surface area contributed by atoms with Gasteiger partial charge >= 0.3 is 12.4 Å². The molecule has 2 aromatic rings. The topological polar surface area (TPSA) is 105 Å². The van der Waals surface area contributed by atoms with E-state index >= 15 is 0 Å². The van der Waals surface area contributed by atoms with E-state index in [-0.39, 0.29) is 12.3 Å². The third-order valence-corrected chi connectivity index (χ3v) is 3.33. The van der Waals surface area contributed by atoms with Gasteiger partial charge in [0.2, 0.25) is 6.10 Å². The number of ether oxygens (including phenoxy) is 3. The van der Waals surface area contributed by atoms with Gasteiger partial charge in [0, 0.05) is 17.7 Å². The molecular weight excluding hydrogens is 330 g/mol. The van der Waals surface area contributed by atoms with Crippen LogP contribution in [-0.2, 0) is 25.7 Å². The van der Waals surface area contributed by atoms with Crippen molar-refractivity contribution < 1.29 is 28.7 Å². The number of carbonyl (C=O) groups is 1. The molecule has 129 valence electrons. The molecule has 0 aliphatic carbocycles. The number of rotatable bonds is 8. The second-order valence-electron chi connectivity index (χ2n) is 4.89. The van der Waals surface area contributed by atoms with Crippen LogP contribution in [0, 0.1) is 10.1 Å². The lowest BCUT2D eigenvalue weighted by atomic mass is 10.1. The van der Waals surface area contributed by atoms with Crippen LogP contribution < -0.4 is 4.74 Å². The molecule has 8 heteroatoms. The summed E-state index contributed by atoms with van der Waals surface area (Å²) in [6.07, 6.45) is -1.26. The zero-order valence-electron chi connectivity index (χ0n) is 13.2. The summed E-state index contributed by atoms with van der Waals surface area (Å²) in [5.41, 5.74) is 0.894. The molecule has 0 bridgehead atoms. The SMILES string of the molecule is COc1ccc(C(O[C]=O)C(=O)OCc2ccc([N+](=O)[O-])cc2)cc1. The summed E-state index contributed by atoms with van der Waals surface area (Å²) in [6, 6.07) is 11.9. The first-order valence-corrected chi connectivity index (χ1v) is 7.12. The van der Waals surface area contributed by atoms with Gasteiger partial charge in [-0.05, 0) is 29.8 Å². The number of benzene rings is 2. The number of hydrogen-bond donors (Lipinski definition) is 0. The zero-order chi connectivity index (χ0) is 18.2. The lowest BCUT2D eigenvalue weighted by Gasteiger charge is -2.14. The fourth-order valence-corrected chi connectivity index (χ4v) is 2.02. The molecule has 0 heterocycles. The van der Waals surface area contributed by atoms with Crippen LogP contribution in [0.25, 0.3) is 0 Å². The van der Waals surface area contributed by atoms with E-state index in [4.69, 9.17) is 14.2 Å². The first-order valence-electron chi connectivity index (χ1n) is 7.12. The molecule has 2 aromatic carbocycles. The first-order chi connectivity index (χ1) is 12.0. The van der Waals surface area contributed by atoms with E-state index in [1.165, 1.54) is 37.8 Å². The number of nitro groups is 1. The Labute approximate surface area is 143 Å². The van der Waals surface area contributed by atoms with Crippen molar-refractivity contribution in [2.24, 2.45) is 0 Å². The summed E-state index contributed by atoms with van der Waals surface area (Å²) in [7, 11) is 1.50. The lowest BCUT2D eigenvalue weighted by molar-refractivity contribution is -0.384. The van der Waals surface area contributed by atoms with E-state index < -0.39 is 17.0 Å². The average Bonchev–Trinajstić information content (AvgIpc) is 2.64. The highest BCUT2D eigenvalue weighted by molar-refractivity contribution is 5.77. The minimum Gasteiger partial charge on any atom is -0.497 e. The highest BCUT2D eigenvalue weighted by atomic mass is 16.6. The Bertz CT molecular complexity index is 741. The predicted octanol–water partition coefficient (Wildman–Crippen LogP) is 2.47. The van der Waals surface area contributed by atoms with Crippen molar-refractivity contribution >= 4 is 18.1 Å². The number of methoxy groups -OCH3 is 1. The van der Waals surface area contributed by atoms with Crippen LogP contribution in [0.3, 0.4) is 0 Å². The third kappa shape index (κ3) is 4.77. The Balaban J connectivity index is 2.04. The van der Waals surface area contributed by atoms with Crippen molar-refractivity contribution in [1.82, 2.24) is 0 Å². The lowest BCUT2D eigenvalue weighted by Crippen LogP contribution is -2.18. The summed E-state index contributed by atoms with van der Waals surface area (Å²) < 4.78 is 14.8. The maximum Gasteiger partial charge on any atom is 0.418 e. The van der Waals surface area contributed by atoms with E-state index in [1.807, 2.05) is 0 Å². The first kappa shape index (κ1) is 17.9. The van der Waals surface area contributed by atoms with Crippen molar-refractivity contribution in [2.45, 2.75) is 12.7 Å².